The van der Waals surface area contributed by atoms with Gasteiger partial charge in [0.25, 0.3) is 11.6 Å². The Morgan fingerprint density at radius 1 is 1.23 bits per heavy atom. The molecule has 9 heteroatoms. The molecular weight excluding hydrogens is 402 g/mol. The van der Waals surface area contributed by atoms with Crippen molar-refractivity contribution in [3.05, 3.63) is 81.2 Å². The number of hydrogen-bond donors (Lipinski definition) is 1. The van der Waals surface area contributed by atoms with Gasteiger partial charge < -0.3 is 9.88 Å². The van der Waals surface area contributed by atoms with Crippen LogP contribution in [-0.4, -0.2) is 25.6 Å². The van der Waals surface area contributed by atoms with Gasteiger partial charge in [-0.15, -0.1) is 10.2 Å². The van der Waals surface area contributed by atoms with E-state index in [1.165, 1.54) is 23.9 Å². The lowest BCUT2D eigenvalue weighted by Crippen LogP contribution is -2.28. The molecule has 0 fully saturated rings. The lowest BCUT2D eigenvalue weighted by Gasteiger charge is -2.15. The van der Waals surface area contributed by atoms with Gasteiger partial charge in [-0.3, -0.25) is 14.9 Å². The molecule has 1 atom stereocenters. The van der Waals surface area contributed by atoms with E-state index in [1.807, 2.05) is 43.5 Å². The first-order valence-corrected chi connectivity index (χ1v) is 10.5. The maximum Gasteiger partial charge on any atom is 0.269 e. The van der Waals surface area contributed by atoms with Crippen molar-refractivity contribution < 1.29 is 9.72 Å². The first-order valence-electron chi connectivity index (χ1n) is 9.55. The summed E-state index contributed by atoms with van der Waals surface area (Å²) in [6.07, 6.45) is 0. The summed E-state index contributed by atoms with van der Waals surface area (Å²) in [5.74, 6) is 1.14. The van der Waals surface area contributed by atoms with E-state index in [4.69, 9.17) is 0 Å². The second kappa shape index (κ2) is 9.53. The lowest BCUT2D eigenvalue weighted by atomic mass is 10.1. The molecule has 1 unspecified atom stereocenters. The minimum Gasteiger partial charge on any atom is -0.342 e. The Kier molecular flexibility index (Phi) is 6.83. The number of hydrogen-bond acceptors (Lipinski definition) is 6. The van der Waals surface area contributed by atoms with Crippen LogP contribution in [0.4, 0.5) is 5.69 Å². The molecule has 0 aliphatic carbocycles. The molecule has 0 spiro atoms. The lowest BCUT2D eigenvalue weighted by molar-refractivity contribution is -0.384. The van der Waals surface area contributed by atoms with Gasteiger partial charge in [-0.1, -0.05) is 41.6 Å². The van der Waals surface area contributed by atoms with Crippen molar-refractivity contribution in [3.8, 4) is 0 Å². The van der Waals surface area contributed by atoms with Crippen molar-refractivity contribution in [1.29, 1.82) is 0 Å². The third kappa shape index (κ3) is 5.04. The van der Waals surface area contributed by atoms with Crippen molar-refractivity contribution in [2.45, 2.75) is 44.3 Å². The maximum absolute atomic E-state index is 12.6. The highest BCUT2D eigenvalue weighted by molar-refractivity contribution is 7.98. The van der Waals surface area contributed by atoms with Crippen LogP contribution >= 0.6 is 11.8 Å². The highest BCUT2D eigenvalue weighted by Crippen LogP contribution is 2.25. The Hall–Kier alpha value is -3.20. The van der Waals surface area contributed by atoms with Crippen molar-refractivity contribution in [2.24, 2.45) is 0 Å². The number of benzene rings is 2. The molecule has 8 nitrogen and oxygen atoms in total. The number of nitrogens with one attached hydrogen (secondary N) is 1. The van der Waals surface area contributed by atoms with Gasteiger partial charge in [0.15, 0.2) is 11.0 Å². The van der Waals surface area contributed by atoms with E-state index in [0.29, 0.717) is 23.7 Å². The summed E-state index contributed by atoms with van der Waals surface area (Å²) in [6, 6.07) is 13.6. The molecule has 30 heavy (non-hydrogen) atoms. The number of nitro groups is 1. The quantitative estimate of drug-likeness (QED) is 0.328. The summed E-state index contributed by atoms with van der Waals surface area (Å²) in [5, 5.41) is 23.1. The smallest absolute Gasteiger partial charge is 0.269 e. The average Bonchev–Trinajstić information content (AvgIpc) is 3.15. The Balaban J connectivity index is 1.68. The van der Waals surface area contributed by atoms with Crippen LogP contribution in [0.3, 0.4) is 0 Å². The monoisotopic (exact) mass is 425 g/mol. The molecule has 1 heterocycles. The van der Waals surface area contributed by atoms with Crippen LogP contribution in [0.1, 0.15) is 47.2 Å². The zero-order chi connectivity index (χ0) is 21.7. The number of carbonyl (C=O) groups is 1. The average molecular weight is 426 g/mol. The topological polar surface area (TPSA) is 103 Å². The van der Waals surface area contributed by atoms with E-state index >= 15 is 0 Å². The fraction of sp³-hybridized carbons (Fsp3) is 0.286. The minimum absolute atomic E-state index is 0.0703. The molecule has 3 rings (SSSR count). The van der Waals surface area contributed by atoms with E-state index in [0.717, 1.165) is 16.3 Å². The van der Waals surface area contributed by atoms with E-state index in [2.05, 4.69) is 15.5 Å². The Bertz CT molecular complexity index is 1050. The second-order valence-corrected chi connectivity index (χ2v) is 7.80. The number of carbonyl (C=O) groups excluding carboxylic acids is 1. The zero-order valence-corrected chi connectivity index (χ0v) is 17.8. The first-order chi connectivity index (χ1) is 14.4. The number of amides is 1. The van der Waals surface area contributed by atoms with Crippen molar-refractivity contribution in [3.63, 3.8) is 0 Å². The maximum atomic E-state index is 12.6. The summed E-state index contributed by atoms with van der Waals surface area (Å²) in [5.41, 5.74) is 2.66. The van der Waals surface area contributed by atoms with E-state index < -0.39 is 4.92 Å². The van der Waals surface area contributed by atoms with E-state index in [9.17, 15) is 14.9 Å². The largest absolute Gasteiger partial charge is 0.342 e. The van der Waals surface area contributed by atoms with Crippen molar-refractivity contribution in [1.82, 2.24) is 20.1 Å². The van der Waals surface area contributed by atoms with E-state index in [-0.39, 0.29) is 17.6 Å². The predicted molar refractivity (Wildman–Crippen MR) is 115 cm³/mol. The SMILES string of the molecule is CCn1c(SCc2ccc([N+](=O)[O-])cc2)nnc1C(C)NC(=O)c1cccc(C)c1. The van der Waals surface area contributed by atoms with E-state index in [1.54, 1.807) is 18.2 Å². The summed E-state index contributed by atoms with van der Waals surface area (Å²) < 4.78 is 1.97. The Morgan fingerprint density at radius 3 is 2.60 bits per heavy atom. The molecule has 0 radical (unpaired) electrons. The highest BCUT2D eigenvalue weighted by Gasteiger charge is 2.19. The molecule has 1 aromatic heterocycles. The van der Waals surface area contributed by atoms with Crippen molar-refractivity contribution in [2.75, 3.05) is 0 Å². The Morgan fingerprint density at radius 2 is 1.97 bits per heavy atom. The zero-order valence-electron chi connectivity index (χ0n) is 17.0. The number of aryl methyl sites for hydroxylation is 1. The molecular formula is C21H23N5O3S. The number of nitrogens with zero attached hydrogens (tertiary/aromatic N) is 4. The number of thioether (sulfide) groups is 1. The molecule has 0 aliphatic rings. The molecule has 1 N–H and O–H groups in total. The van der Waals surface area contributed by atoms with Gasteiger partial charge in [-0.2, -0.15) is 0 Å². The van der Waals surface area contributed by atoms with Crippen LogP contribution in [0.2, 0.25) is 0 Å². The normalized spacial score (nSPS) is 11.8. The Labute approximate surface area is 178 Å². The van der Waals surface area contributed by atoms with Crippen LogP contribution in [-0.2, 0) is 12.3 Å². The number of nitro benzene ring substituents is 1. The summed E-state index contributed by atoms with van der Waals surface area (Å²) in [4.78, 5) is 22.9. The molecule has 2 aromatic carbocycles. The molecule has 1 amide bonds. The third-order valence-corrected chi connectivity index (χ3v) is 5.63. The van der Waals surface area contributed by atoms with Gasteiger partial charge in [0, 0.05) is 30.0 Å². The molecule has 0 saturated heterocycles. The molecule has 0 bridgehead atoms. The van der Waals surface area contributed by atoms with Crippen LogP contribution in [0, 0.1) is 17.0 Å². The van der Waals surface area contributed by atoms with Gasteiger partial charge >= 0.3 is 0 Å². The minimum atomic E-state index is -0.413. The molecule has 0 saturated carbocycles. The van der Waals surface area contributed by atoms with Gasteiger partial charge in [-0.05, 0) is 38.5 Å². The fourth-order valence-corrected chi connectivity index (χ4v) is 3.98. The molecule has 156 valence electrons. The number of aromatic nitrogens is 3. The third-order valence-electron chi connectivity index (χ3n) is 4.59. The highest BCUT2D eigenvalue weighted by atomic mass is 32.2. The fourth-order valence-electron chi connectivity index (χ4n) is 3.02. The van der Waals surface area contributed by atoms with Crippen LogP contribution in [0.25, 0.3) is 0 Å². The second-order valence-electron chi connectivity index (χ2n) is 6.86. The predicted octanol–water partition coefficient (Wildman–Crippen LogP) is 4.30. The van der Waals surface area contributed by atoms with Crippen LogP contribution < -0.4 is 5.32 Å². The molecule has 0 aliphatic heterocycles. The molecule has 3 aromatic rings. The standard InChI is InChI=1S/C21H23N5O3S/c1-4-25-19(15(3)22-20(27)17-7-5-6-14(2)12-17)23-24-21(25)30-13-16-8-10-18(11-9-16)26(28)29/h5-12,15H,4,13H2,1-3H3,(H,22,27). The van der Waals surface area contributed by atoms with Gasteiger partial charge in [0.05, 0.1) is 11.0 Å². The van der Waals surface area contributed by atoms with Gasteiger partial charge in [-0.25, -0.2) is 0 Å². The number of non-ortho nitro benzene ring substituents is 1. The van der Waals surface area contributed by atoms with Crippen LogP contribution in [0.15, 0.2) is 53.7 Å². The summed E-state index contributed by atoms with van der Waals surface area (Å²) in [7, 11) is 0. The number of rotatable bonds is 8. The van der Waals surface area contributed by atoms with Crippen LogP contribution in [0.5, 0.6) is 0 Å². The van der Waals surface area contributed by atoms with Crippen molar-refractivity contribution >= 4 is 23.4 Å². The van der Waals surface area contributed by atoms with Gasteiger partial charge in [0.1, 0.15) is 0 Å². The summed E-state index contributed by atoms with van der Waals surface area (Å²) >= 11 is 1.50. The summed E-state index contributed by atoms with van der Waals surface area (Å²) in [6.45, 7) is 6.49. The van der Waals surface area contributed by atoms with Gasteiger partial charge in [0.2, 0.25) is 0 Å². The first kappa shape index (κ1) is 21.5.